The van der Waals surface area contributed by atoms with Gasteiger partial charge in [0, 0.05) is 27.4 Å². The van der Waals surface area contributed by atoms with Crippen molar-refractivity contribution in [3.05, 3.63) is 61.7 Å². The predicted octanol–water partition coefficient (Wildman–Crippen LogP) is 4.73. The molecule has 1 aromatic heterocycles. The average molecular weight is 432 g/mol. The first-order valence-corrected chi connectivity index (χ1v) is 10.4. The number of nitriles is 1. The number of halogens is 1. The summed E-state index contributed by atoms with van der Waals surface area (Å²) in [5.41, 5.74) is 1.80. The molecule has 25 heavy (non-hydrogen) atoms. The highest BCUT2D eigenvalue weighted by molar-refractivity contribution is 9.10. The first-order valence-electron chi connectivity index (χ1n) is 7.78. The number of rotatable bonds is 2. The van der Waals surface area contributed by atoms with Crippen LogP contribution in [0, 0.1) is 11.3 Å². The molecular weight excluding hydrogens is 418 g/mol. The van der Waals surface area contributed by atoms with Gasteiger partial charge in [0.2, 0.25) is 5.91 Å². The van der Waals surface area contributed by atoms with Gasteiger partial charge in [-0.15, -0.1) is 11.3 Å². The molecular formula is C18H14BrN3OS2. The van der Waals surface area contributed by atoms with E-state index < -0.39 is 0 Å². The maximum absolute atomic E-state index is 12.8. The molecule has 1 fully saturated rings. The van der Waals surface area contributed by atoms with E-state index >= 15 is 0 Å². The first kappa shape index (κ1) is 16.7. The molecule has 2 aliphatic rings. The largest absolute Gasteiger partial charge is 0.344 e. The lowest BCUT2D eigenvalue weighted by molar-refractivity contribution is -0.129. The zero-order valence-electron chi connectivity index (χ0n) is 13.2. The second kappa shape index (κ2) is 6.87. The van der Waals surface area contributed by atoms with E-state index in [1.807, 2.05) is 41.8 Å². The van der Waals surface area contributed by atoms with Gasteiger partial charge in [0.1, 0.15) is 0 Å². The molecule has 2 aliphatic heterocycles. The van der Waals surface area contributed by atoms with Gasteiger partial charge in [0.05, 0.1) is 29.2 Å². The summed E-state index contributed by atoms with van der Waals surface area (Å²) in [6, 6.07) is 14.4. The number of nitrogens with zero attached hydrogens (tertiary/aromatic N) is 3. The molecule has 0 saturated carbocycles. The molecule has 2 aromatic rings. The van der Waals surface area contributed by atoms with Crippen molar-refractivity contribution in [2.45, 2.75) is 12.3 Å². The summed E-state index contributed by atoms with van der Waals surface area (Å²) in [6.45, 7) is 0.491. The molecule has 0 spiro atoms. The molecule has 1 aromatic carbocycles. The van der Waals surface area contributed by atoms with Crippen molar-refractivity contribution in [2.75, 3.05) is 17.4 Å². The van der Waals surface area contributed by atoms with E-state index in [-0.39, 0.29) is 11.8 Å². The topological polar surface area (TPSA) is 47.3 Å². The van der Waals surface area contributed by atoms with E-state index in [1.54, 1.807) is 28.0 Å². The predicted molar refractivity (Wildman–Crippen MR) is 105 cm³/mol. The Labute approximate surface area is 162 Å². The molecule has 0 bridgehead atoms. The van der Waals surface area contributed by atoms with Crippen LogP contribution >= 0.6 is 39.0 Å². The van der Waals surface area contributed by atoms with Gasteiger partial charge in [-0.3, -0.25) is 9.69 Å². The van der Waals surface area contributed by atoms with Crippen molar-refractivity contribution in [1.29, 1.82) is 5.26 Å². The average Bonchev–Trinajstić information content (AvgIpc) is 3.16. The first-order chi connectivity index (χ1) is 12.2. The van der Waals surface area contributed by atoms with Gasteiger partial charge in [-0.1, -0.05) is 33.8 Å². The summed E-state index contributed by atoms with van der Waals surface area (Å²) >= 11 is 6.63. The van der Waals surface area contributed by atoms with Gasteiger partial charge in [-0.05, 0) is 35.7 Å². The van der Waals surface area contributed by atoms with Crippen LogP contribution in [0.25, 0.3) is 0 Å². The Balaban J connectivity index is 1.65. The molecule has 7 heteroatoms. The molecule has 0 unspecified atom stereocenters. The van der Waals surface area contributed by atoms with Crippen molar-refractivity contribution in [3.8, 4) is 6.07 Å². The number of carbonyl (C=O) groups excluding carboxylic acids is 1. The van der Waals surface area contributed by atoms with Crippen LogP contribution in [0.4, 0.5) is 5.69 Å². The number of fused-ring (bicyclic) bond motifs is 1. The number of hydrogen-bond donors (Lipinski definition) is 0. The number of anilines is 1. The fourth-order valence-electron chi connectivity index (χ4n) is 3.11. The van der Waals surface area contributed by atoms with Crippen LogP contribution in [0.3, 0.4) is 0 Å². The highest BCUT2D eigenvalue weighted by Crippen LogP contribution is 2.44. The van der Waals surface area contributed by atoms with Crippen LogP contribution < -0.4 is 4.90 Å². The summed E-state index contributed by atoms with van der Waals surface area (Å²) in [4.78, 5) is 17.8. The minimum atomic E-state index is -0.101. The summed E-state index contributed by atoms with van der Waals surface area (Å²) < 4.78 is 1.03. The van der Waals surface area contributed by atoms with Gasteiger partial charge in [0.15, 0.2) is 0 Å². The molecule has 1 saturated heterocycles. The molecule has 1 atom stereocenters. The zero-order chi connectivity index (χ0) is 17.4. The summed E-state index contributed by atoms with van der Waals surface area (Å²) in [7, 11) is 0. The maximum Gasteiger partial charge on any atom is 0.229 e. The monoisotopic (exact) mass is 431 g/mol. The van der Waals surface area contributed by atoms with Crippen LogP contribution in [0.1, 0.15) is 17.2 Å². The third-order valence-corrected chi connectivity index (χ3v) is 7.04. The summed E-state index contributed by atoms with van der Waals surface area (Å²) in [5.74, 6) is 0.709. The van der Waals surface area contributed by atoms with E-state index in [4.69, 9.17) is 0 Å². The third kappa shape index (κ3) is 3.10. The number of amides is 1. The van der Waals surface area contributed by atoms with Crippen LogP contribution in [-0.2, 0) is 4.79 Å². The van der Waals surface area contributed by atoms with Crippen molar-refractivity contribution in [3.63, 3.8) is 0 Å². The van der Waals surface area contributed by atoms with Crippen LogP contribution in [0.5, 0.6) is 0 Å². The van der Waals surface area contributed by atoms with E-state index in [0.717, 1.165) is 31.5 Å². The van der Waals surface area contributed by atoms with Gasteiger partial charge in [0.25, 0.3) is 0 Å². The van der Waals surface area contributed by atoms with Gasteiger partial charge < -0.3 is 4.90 Å². The molecule has 1 amide bonds. The fourth-order valence-corrected chi connectivity index (χ4v) is 5.38. The number of allylic oxidation sites excluding steroid dienone is 1. The van der Waals surface area contributed by atoms with Crippen LogP contribution in [0.15, 0.2) is 56.9 Å². The normalized spacial score (nSPS) is 20.5. The molecule has 126 valence electrons. The van der Waals surface area contributed by atoms with Crippen molar-refractivity contribution < 1.29 is 4.79 Å². The zero-order valence-corrected chi connectivity index (χ0v) is 16.4. The Morgan fingerprint density at radius 3 is 2.72 bits per heavy atom. The fraction of sp³-hybridized carbons (Fsp3) is 0.222. The highest BCUT2D eigenvalue weighted by atomic mass is 79.9. The number of carbonyl (C=O) groups is 1. The van der Waals surface area contributed by atoms with Gasteiger partial charge in [-0.25, -0.2) is 0 Å². The number of thioether (sulfide) groups is 1. The lowest BCUT2D eigenvalue weighted by Gasteiger charge is -2.41. The second-order valence-electron chi connectivity index (χ2n) is 5.86. The molecule has 4 rings (SSSR count). The quantitative estimate of drug-likeness (QED) is 0.689. The molecule has 0 aliphatic carbocycles. The lowest BCUT2D eigenvalue weighted by Crippen LogP contribution is -2.47. The van der Waals surface area contributed by atoms with Crippen molar-refractivity contribution in [1.82, 2.24) is 4.90 Å². The van der Waals surface area contributed by atoms with Crippen LogP contribution in [-0.4, -0.2) is 23.4 Å². The standard InChI is InChI=1S/C18H14BrN3OS2/c19-12-3-5-13(6-4-12)21-10-22-17(23)8-14(16-2-1-7-24-16)15(9-20)18(22)25-11-21/h1-7,14H,8,10-11H2/t14-/m0/s1. The van der Waals surface area contributed by atoms with Gasteiger partial charge in [-0.2, -0.15) is 5.26 Å². The van der Waals surface area contributed by atoms with E-state index in [0.29, 0.717) is 13.1 Å². The number of hydrogen-bond acceptors (Lipinski definition) is 5. The highest BCUT2D eigenvalue weighted by Gasteiger charge is 2.38. The van der Waals surface area contributed by atoms with Gasteiger partial charge >= 0.3 is 0 Å². The minimum Gasteiger partial charge on any atom is -0.344 e. The SMILES string of the molecule is N#CC1=C2SCN(c3ccc(Br)cc3)CN2C(=O)C[C@@H]1c1cccs1. The van der Waals surface area contributed by atoms with Crippen molar-refractivity contribution >= 4 is 50.6 Å². The number of benzene rings is 1. The van der Waals surface area contributed by atoms with Crippen molar-refractivity contribution in [2.24, 2.45) is 0 Å². The lowest BCUT2D eigenvalue weighted by atomic mass is 9.92. The second-order valence-corrected chi connectivity index (χ2v) is 8.68. The Morgan fingerprint density at radius 1 is 1.24 bits per heavy atom. The summed E-state index contributed by atoms with van der Waals surface area (Å²) in [5, 5.41) is 12.5. The maximum atomic E-state index is 12.8. The smallest absolute Gasteiger partial charge is 0.229 e. The Kier molecular flexibility index (Phi) is 4.59. The minimum absolute atomic E-state index is 0.0849. The Morgan fingerprint density at radius 2 is 2.04 bits per heavy atom. The Bertz CT molecular complexity index is 871. The van der Waals surface area contributed by atoms with Crippen LogP contribution in [0.2, 0.25) is 0 Å². The molecule has 4 nitrogen and oxygen atoms in total. The summed E-state index contributed by atoms with van der Waals surface area (Å²) in [6.07, 6.45) is 0.363. The van der Waals surface area contributed by atoms with E-state index in [1.165, 1.54) is 0 Å². The Hall–Kier alpha value is -1.75. The molecule has 0 N–H and O–H groups in total. The van der Waals surface area contributed by atoms with E-state index in [2.05, 4.69) is 26.9 Å². The van der Waals surface area contributed by atoms with E-state index in [9.17, 15) is 10.1 Å². The molecule has 3 heterocycles. The molecule has 0 radical (unpaired) electrons. The third-order valence-electron chi connectivity index (χ3n) is 4.37. The number of thiophene rings is 1.